The first-order valence-electron chi connectivity index (χ1n) is 18.8. The predicted molar refractivity (Wildman–Crippen MR) is 242 cm³/mol. The van der Waals surface area contributed by atoms with Crippen LogP contribution >= 0.6 is 23.4 Å². The van der Waals surface area contributed by atoms with Crippen LogP contribution in [0.1, 0.15) is 86.3 Å². The van der Waals surface area contributed by atoms with E-state index in [4.69, 9.17) is 23.3 Å². The molecule has 2 aromatic rings. The molecule has 1 heterocycles. The van der Waals surface area contributed by atoms with Crippen molar-refractivity contribution in [1.82, 2.24) is 10.7 Å². The van der Waals surface area contributed by atoms with Crippen LogP contribution in [0.3, 0.4) is 0 Å². The molecule has 1 amide bonds. The van der Waals surface area contributed by atoms with Crippen molar-refractivity contribution in [2.24, 2.45) is 21.9 Å². The standard InChI is InChI=1S/C27H35ClN8O3S.C9H12.3C2H6/c1-17(33-27(2,38)12-11-19-13-20(28)7-10-25(19)36(30)16-31-29)23-14-22(24(15-40-4)35-34-23)18-5-8-21(9-6-18)32-26(37)39-3;1-2-9-7-5-3-4-6-8-9;3*1-2/h5-14,16-17,23,33-34,38H,15,29-30H2,1-4H3,(H,32,37);3-7H,2,8H2,1H3;3*1-2H3/b12-11+,31-16-;;;;. The molecule has 13 heteroatoms. The number of allylic oxidation sites excluding steroid dienone is 7. The first kappa shape index (κ1) is 50.7. The van der Waals surface area contributed by atoms with Gasteiger partial charge in [0.15, 0.2) is 0 Å². The van der Waals surface area contributed by atoms with Gasteiger partial charge in [0.25, 0.3) is 0 Å². The number of hydrazine groups is 1. The van der Waals surface area contributed by atoms with E-state index in [1.807, 2.05) is 79.0 Å². The van der Waals surface area contributed by atoms with Crippen LogP contribution in [0.5, 0.6) is 0 Å². The number of methoxy groups -OCH3 is 1. The molecule has 304 valence electrons. The third-order valence-electron chi connectivity index (χ3n) is 7.54. The number of hydrogen-bond acceptors (Lipinski definition) is 10. The topological polar surface area (TPSA) is 163 Å². The van der Waals surface area contributed by atoms with Gasteiger partial charge in [0.2, 0.25) is 0 Å². The minimum Gasteiger partial charge on any atom is -0.453 e. The second-order valence-corrected chi connectivity index (χ2v) is 12.7. The summed E-state index contributed by atoms with van der Waals surface area (Å²) < 4.78 is 4.66. The number of benzene rings is 2. The Labute approximate surface area is 339 Å². The molecule has 3 atom stereocenters. The molecule has 2 aliphatic rings. The molecule has 55 heavy (non-hydrogen) atoms. The summed E-state index contributed by atoms with van der Waals surface area (Å²) in [6.45, 7) is 17.8. The van der Waals surface area contributed by atoms with E-state index in [0.29, 0.717) is 27.7 Å². The fourth-order valence-electron chi connectivity index (χ4n) is 4.96. The van der Waals surface area contributed by atoms with Crippen molar-refractivity contribution in [1.29, 1.82) is 0 Å². The van der Waals surface area contributed by atoms with Crippen molar-refractivity contribution >= 4 is 64.5 Å². The third-order valence-corrected chi connectivity index (χ3v) is 8.34. The van der Waals surface area contributed by atoms with Crippen molar-refractivity contribution < 1.29 is 14.6 Å². The lowest BCUT2D eigenvalue weighted by atomic mass is 9.95. The Bertz CT molecular complexity index is 1620. The van der Waals surface area contributed by atoms with Crippen LogP contribution in [0.25, 0.3) is 11.6 Å². The van der Waals surface area contributed by atoms with Crippen LogP contribution in [0.2, 0.25) is 5.02 Å². The van der Waals surface area contributed by atoms with Gasteiger partial charge < -0.3 is 21.1 Å². The molecule has 3 unspecified atom stereocenters. The zero-order chi connectivity index (χ0) is 41.8. The van der Waals surface area contributed by atoms with Crippen molar-refractivity contribution in [3.05, 3.63) is 107 Å². The number of anilines is 2. The van der Waals surface area contributed by atoms with Crippen LogP contribution in [-0.4, -0.2) is 60.2 Å². The fraction of sp³-hybridized carbons (Fsp3) is 0.405. The molecule has 0 radical (unpaired) electrons. The highest BCUT2D eigenvalue weighted by molar-refractivity contribution is 7.99. The van der Waals surface area contributed by atoms with E-state index in [0.717, 1.165) is 23.3 Å². The van der Waals surface area contributed by atoms with Gasteiger partial charge in [-0.05, 0) is 81.0 Å². The van der Waals surface area contributed by atoms with Crippen molar-refractivity contribution in [2.45, 2.75) is 93.0 Å². The van der Waals surface area contributed by atoms with Crippen LogP contribution in [0.4, 0.5) is 16.2 Å². The maximum atomic E-state index is 11.5. The van der Waals surface area contributed by atoms with Gasteiger partial charge in [0, 0.05) is 33.6 Å². The number of nitrogens with two attached hydrogens (primary N) is 2. The average Bonchev–Trinajstić information content (AvgIpc) is 3.49. The molecule has 0 saturated carbocycles. The van der Waals surface area contributed by atoms with Crippen molar-refractivity contribution in [2.75, 3.05) is 29.4 Å². The van der Waals surface area contributed by atoms with E-state index in [2.05, 4.69) is 74.4 Å². The Hall–Kier alpha value is -4.33. The minimum atomic E-state index is -1.39. The lowest BCUT2D eigenvalue weighted by Crippen LogP contribution is -2.53. The minimum absolute atomic E-state index is 0.226. The number of carbonyl (C=O) groups is 1. The summed E-state index contributed by atoms with van der Waals surface area (Å²) in [7, 11) is 1.32. The van der Waals surface area contributed by atoms with Crippen molar-refractivity contribution in [3.8, 4) is 0 Å². The number of rotatable bonds is 12. The van der Waals surface area contributed by atoms with E-state index in [9.17, 15) is 9.90 Å². The Balaban J connectivity index is 0.00000165. The molecule has 0 aromatic heterocycles. The molecule has 1 aliphatic carbocycles. The van der Waals surface area contributed by atoms with Crippen LogP contribution in [0, 0.1) is 0 Å². The van der Waals surface area contributed by atoms with Crippen molar-refractivity contribution in [3.63, 3.8) is 0 Å². The molecule has 8 N–H and O–H groups in total. The molecule has 0 saturated heterocycles. The lowest BCUT2D eigenvalue weighted by Gasteiger charge is -2.32. The number of hydrazone groups is 2. The highest BCUT2D eigenvalue weighted by atomic mass is 35.5. The summed E-state index contributed by atoms with van der Waals surface area (Å²) in [6, 6.07) is 12.2. The largest absolute Gasteiger partial charge is 0.453 e. The number of thioether (sulfide) groups is 1. The van der Waals surface area contributed by atoms with Gasteiger partial charge in [0.1, 0.15) is 12.1 Å². The second kappa shape index (κ2) is 29.0. The quantitative estimate of drug-likeness (QED) is 0.0404. The number of halogens is 1. The first-order chi connectivity index (χ1) is 26.5. The summed E-state index contributed by atoms with van der Waals surface area (Å²) in [5.41, 5.74) is 8.04. The summed E-state index contributed by atoms with van der Waals surface area (Å²) in [4.78, 5) is 11.5. The zero-order valence-electron chi connectivity index (χ0n) is 34.6. The summed E-state index contributed by atoms with van der Waals surface area (Å²) in [6.07, 6.45) is 21.1. The summed E-state index contributed by atoms with van der Waals surface area (Å²) in [5, 5.41) is 26.9. The van der Waals surface area contributed by atoms with E-state index < -0.39 is 11.8 Å². The second-order valence-electron chi connectivity index (χ2n) is 11.4. The number of carbonyl (C=O) groups excluding carboxylic acids is 1. The highest BCUT2D eigenvalue weighted by Gasteiger charge is 2.27. The predicted octanol–water partition coefficient (Wildman–Crippen LogP) is 9.49. The molecule has 11 nitrogen and oxygen atoms in total. The van der Waals surface area contributed by atoms with E-state index in [1.165, 1.54) is 30.5 Å². The molecular weight excluding hydrogens is 732 g/mol. The maximum Gasteiger partial charge on any atom is 0.411 e. The van der Waals surface area contributed by atoms with Crippen LogP contribution in [-0.2, 0) is 4.74 Å². The lowest BCUT2D eigenvalue weighted by molar-refractivity contribution is 0.0600. The van der Waals surface area contributed by atoms with Gasteiger partial charge >= 0.3 is 6.09 Å². The monoisotopic (exact) mass is 796 g/mol. The number of aliphatic hydroxyl groups is 1. The third kappa shape index (κ3) is 18.7. The number of nitrogens with one attached hydrogen (secondary N) is 3. The normalized spacial score (nSPS) is 15.9. The number of amides is 1. The fourth-order valence-corrected chi connectivity index (χ4v) is 5.63. The SMILES string of the molecule is CC.CC.CC.CCC1=CC=CC=CC1.COC(=O)Nc1ccc(C2=CC(C(C)NC(C)(O)/C=C/c3cc(Cl)ccc3N(N)/C=N\N)NN=C2CSC)cc1. The van der Waals surface area contributed by atoms with Gasteiger partial charge in [-0.2, -0.15) is 22.0 Å². The number of ether oxygens (including phenoxy) is 1. The van der Waals surface area contributed by atoms with Crippen LogP contribution < -0.4 is 32.8 Å². The van der Waals surface area contributed by atoms with E-state index in [1.54, 1.807) is 49.0 Å². The Kier molecular flexibility index (Phi) is 26.7. The molecule has 2 aromatic carbocycles. The average molecular weight is 798 g/mol. The molecule has 0 fully saturated rings. The Morgan fingerprint density at radius 2 is 1.84 bits per heavy atom. The number of hydrogen-bond donors (Lipinski definition) is 6. The van der Waals surface area contributed by atoms with Gasteiger partial charge in [-0.25, -0.2) is 10.6 Å². The van der Waals surface area contributed by atoms with Gasteiger partial charge in [0.05, 0.1) is 24.6 Å². The zero-order valence-corrected chi connectivity index (χ0v) is 36.1. The molecule has 0 spiro atoms. The van der Waals surface area contributed by atoms with E-state index >= 15 is 0 Å². The number of nitrogens with zero attached hydrogens (tertiary/aromatic N) is 3. The molecular formula is C42H65ClN8O3S. The summed E-state index contributed by atoms with van der Waals surface area (Å²) >= 11 is 7.85. The molecule has 0 bridgehead atoms. The summed E-state index contributed by atoms with van der Waals surface area (Å²) in [5.74, 6) is 11.9. The van der Waals surface area contributed by atoms with E-state index in [-0.39, 0.29) is 12.1 Å². The maximum absolute atomic E-state index is 11.5. The first-order valence-corrected chi connectivity index (χ1v) is 20.5. The van der Waals surface area contributed by atoms with Crippen LogP contribution in [0.15, 0.2) is 101 Å². The van der Waals surface area contributed by atoms with Gasteiger partial charge in [-0.15, -0.1) is 0 Å². The smallest absolute Gasteiger partial charge is 0.411 e. The molecule has 1 aliphatic heterocycles. The van der Waals surface area contributed by atoms with Gasteiger partial charge in [-0.1, -0.05) is 114 Å². The highest BCUT2D eigenvalue weighted by Crippen LogP contribution is 2.26. The molecule has 4 rings (SSSR count). The Morgan fingerprint density at radius 3 is 2.44 bits per heavy atom. The Morgan fingerprint density at radius 1 is 1.16 bits per heavy atom. The van der Waals surface area contributed by atoms with Gasteiger partial charge in [-0.3, -0.25) is 15.6 Å².